The van der Waals surface area contributed by atoms with E-state index in [1.807, 2.05) is 0 Å². The van der Waals surface area contributed by atoms with Crippen molar-refractivity contribution in [3.63, 3.8) is 0 Å². The quantitative estimate of drug-likeness (QED) is 0.666. The van der Waals surface area contributed by atoms with Gasteiger partial charge in [-0.2, -0.15) is 5.21 Å². The molecule has 0 aliphatic carbocycles. The largest absolute Gasteiger partial charge is 0.369 e. The van der Waals surface area contributed by atoms with Crippen LogP contribution in [0.3, 0.4) is 0 Å². The number of hydrogen-bond donors (Lipinski definition) is 2. The van der Waals surface area contributed by atoms with E-state index in [9.17, 15) is 4.79 Å². The molecule has 1 aromatic rings. The first-order valence-electron chi connectivity index (χ1n) is 3.66. The highest BCUT2D eigenvalue weighted by Crippen LogP contribution is 2.09. The first kappa shape index (κ1) is 9.59. The Kier molecular flexibility index (Phi) is 2.57. The molecule has 7 nitrogen and oxygen atoms in total. The molecule has 0 saturated carbocycles. The molecule has 0 atom stereocenters. The van der Waals surface area contributed by atoms with E-state index in [1.165, 1.54) is 7.11 Å². The third-order valence-electron chi connectivity index (χ3n) is 1.63. The Morgan fingerprint density at radius 1 is 1.62 bits per heavy atom. The number of anilines is 1. The molecule has 7 heteroatoms. The van der Waals surface area contributed by atoms with Gasteiger partial charge in [0.25, 0.3) is 11.9 Å². The van der Waals surface area contributed by atoms with Crippen molar-refractivity contribution in [1.82, 2.24) is 20.6 Å². The maximum Gasteiger partial charge on any atom is 0.269 e. The Morgan fingerprint density at radius 2 is 2.31 bits per heavy atom. The molecule has 0 saturated heterocycles. The van der Waals surface area contributed by atoms with Crippen molar-refractivity contribution in [1.29, 1.82) is 0 Å². The number of hydrogen-bond acceptors (Lipinski definition) is 5. The van der Waals surface area contributed by atoms with Crippen LogP contribution < -0.4 is 5.32 Å². The fourth-order valence-corrected chi connectivity index (χ4v) is 0.560. The minimum Gasteiger partial charge on any atom is -0.369 e. The number of carbonyl (C=O) groups is 1. The van der Waals surface area contributed by atoms with Gasteiger partial charge in [0.05, 0.1) is 0 Å². The number of carbonyl (C=O) groups excluding carboxylic acids is 1. The van der Waals surface area contributed by atoms with Gasteiger partial charge in [-0.05, 0) is 19.1 Å². The molecule has 2 N–H and O–H groups in total. The molecule has 1 aromatic heterocycles. The number of H-pyrrole nitrogens is 1. The smallest absolute Gasteiger partial charge is 0.269 e. The molecular weight excluding hydrogens is 174 g/mol. The number of rotatable bonds is 3. The fourth-order valence-electron chi connectivity index (χ4n) is 0.560. The van der Waals surface area contributed by atoms with Crippen LogP contribution in [0.1, 0.15) is 13.8 Å². The summed E-state index contributed by atoms with van der Waals surface area (Å²) >= 11 is 0. The van der Waals surface area contributed by atoms with Crippen molar-refractivity contribution >= 4 is 11.9 Å². The standard InChI is InChI=1S/C6H11N5O2/c1-6(2,13-3)4(12)7-5-8-10-11-9-5/h1-3H3,(H2,7,8,9,10,11,12). The van der Waals surface area contributed by atoms with E-state index in [2.05, 4.69) is 25.9 Å². The number of ether oxygens (including phenoxy) is 1. The highest BCUT2D eigenvalue weighted by molar-refractivity contribution is 5.95. The predicted octanol–water partition coefficient (Wildman–Crippen LogP) is -0.437. The lowest BCUT2D eigenvalue weighted by atomic mass is 10.1. The lowest BCUT2D eigenvalue weighted by Gasteiger charge is -2.20. The molecule has 72 valence electrons. The van der Waals surface area contributed by atoms with E-state index in [-0.39, 0.29) is 11.9 Å². The minimum atomic E-state index is -0.902. The average Bonchev–Trinajstić information content (AvgIpc) is 2.57. The summed E-state index contributed by atoms with van der Waals surface area (Å²) in [6, 6.07) is 0. The predicted molar refractivity (Wildman–Crippen MR) is 43.9 cm³/mol. The number of aromatic nitrogens is 4. The molecule has 1 heterocycles. The van der Waals surface area contributed by atoms with Crippen LogP contribution in [0.2, 0.25) is 0 Å². The van der Waals surface area contributed by atoms with Gasteiger partial charge in [0, 0.05) is 7.11 Å². The Balaban J connectivity index is 2.61. The Bertz CT molecular complexity index is 281. The third-order valence-corrected chi connectivity index (χ3v) is 1.63. The van der Waals surface area contributed by atoms with Crippen molar-refractivity contribution in [3.05, 3.63) is 0 Å². The summed E-state index contributed by atoms with van der Waals surface area (Å²) < 4.78 is 4.95. The Labute approximate surface area is 74.9 Å². The van der Waals surface area contributed by atoms with Crippen molar-refractivity contribution in [3.8, 4) is 0 Å². The van der Waals surface area contributed by atoms with Crippen molar-refractivity contribution in [2.75, 3.05) is 12.4 Å². The molecule has 0 bridgehead atoms. The zero-order valence-corrected chi connectivity index (χ0v) is 7.66. The van der Waals surface area contributed by atoms with Gasteiger partial charge in [0.1, 0.15) is 5.60 Å². The molecule has 0 aliphatic heterocycles. The Hall–Kier alpha value is -1.50. The number of nitrogens with zero attached hydrogens (tertiary/aromatic N) is 3. The van der Waals surface area contributed by atoms with Gasteiger partial charge in [0.2, 0.25) is 0 Å². The number of methoxy groups -OCH3 is 1. The van der Waals surface area contributed by atoms with Crippen LogP contribution >= 0.6 is 0 Å². The van der Waals surface area contributed by atoms with Crippen LogP contribution in [0.4, 0.5) is 5.95 Å². The van der Waals surface area contributed by atoms with Gasteiger partial charge < -0.3 is 4.74 Å². The summed E-state index contributed by atoms with van der Waals surface area (Å²) in [7, 11) is 1.45. The number of amides is 1. The summed E-state index contributed by atoms with van der Waals surface area (Å²) in [5.74, 6) is -0.188. The average molecular weight is 185 g/mol. The number of nitrogens with one attached hydrogen (secondary N) is 2. The molecule has 0 fully saturated rings. The zero-order valence-electron chi connectivity index (χ0n) is 7.66. The number of tetrazole rings is 1. The maximum atomic E-state index is 11.4. The van der Waals surface area contributed by atoms with Gasteiger partial charge in [-0.3, -0.25) is 10.1 Å². The summed E-state index contributed by atoms with van der Waals surface area (Å²) in [5.41, 5.74) is -0.902. The topological polar surface area (TPSA) is 92.8 Å². The lowest BCUT2D eigenvalue weighted by Crippen LogP contribution is -2.39. The van der Waals surface area contributed by atoms with Gasteiger partial charge in [-0.15, -0.1) is 5.10 Å². The minimum absolute atomic E-state index is 0.134. The fraction of sp³-hybridized carbons (Fsp3) is 0.667. The van der Waals surface area contributed by atoms with Crippen LogP contribution in [0.15, 0.2) is 0 Å². The van der Waals surface area contributed by atoms with Crippen LogP contribution in [-0.4, -0.2) is 39.2 Å². The first-order chi connectivity index (χ1) is 6.06. The van der Waals surface area contributed by atoms with Crippen LogP contribution in [-0.2, 0) is 9.53 Å². The van der Waals surface area contributed by atoms with Crippen LogP contribution in [0, 0.1) is 0 Å². The Morgan fingerprint density at radius 3 is 2.77 bits per heavy atom. The van der Waals surface area contributed by atoms with Gasteiger partial charge in [0.15, 0.2) is 0 Å². The van der Waals surface area contributed by atoms with Gasteiger partial charge in [-0.1, -0.05) is 5.10 Å². The molecule has 0 radical (unpaired) electrons. The molecule has 1 rings (SSSR count). The van der Waals surface area contributed by atoms with Crippen LogP contribution in [0.25, 0.3) is 0 Å². The van der Waals surface area contributed by atoms with E-state index >= 15 is 0 Å². The maximum absolute atomic E-state index is 11.4. The third kappa shape index (κ3) is 2.22. The molecule has 0 spiro atoms. The van der Waals surface area contributed by atoms with E-state index in [4.69, 9.17) is 4.74 Å². The zero-order chi connectivity index (χ0) is 9.90. The number of aromatic amines is 1. The lowest BCUT2D eigenvalue weighted by molar-refractivity contribution is -0.133. The molecule has 13 heavy (non-hydrogen) atoms. The highest BCUT2D eigenvalue weighted by Gasteiger charge is 2.27. The second-order valence-electron chi connectivity index (χ2n) is 2.90. The SMILES string of the molecule is COC(C)(C)C(=O)Nc1nn[nH]n1. The summed E-state index contributed by atoms with van der Waals surface area (Å²) in [6.45, 7) is 3.28. The van der Waals surface area contributed by atoms with Gasteiger partial charge >= 0.3 is 0 Å². The molecule has 0 aromatic carbocycles. The molecule has 0 unspecified atom stereocenters. The molecule has 1 amide bonds. The van der Waals surface area contributed by atoms with Crippen LogP contribution in [0.5, 0.6) is 0 Å². The highest BCUT2D eigenvalue weighted by atomic mass is 16.5. The monoisotopic (exact) mass is 185 g/mol. The molecular formula is C6H11N5O2. The van der Waals surface area contributed by atoms with E-state index in [0.717, 1.165) is 0 Å². The molecule has 0 aliphatic rings. The van der Waals surface area contributed by atoms with Crippen molar-refractivity contribution < 1.29 is 9.53 Å². The normalized spacial score (nSPS) is 11.3. The summed E-state index contributed by atoms with van der Waals surface area (Å²) in [6.07, 6.45) is 0. The second kappa shape index (κ2) is 3.48. The van der Waals surface area contributed by atoms with E-state index in [0.29, 0.717) is 0 Å². The summed E-state index contributed by atoms with van der Waals surface area (Å²) in [4.78, 5) is 11.4. The van der Waals surface area contributed by atoms with Crippen molar-refractivity contribution in [2.24, 2.45) is 0 Å². The van der Waals surface area contributed by atoms with Gasteiger partial charge in [-0.25, -0.2) is 0 Å². The van der Waals surface area contributed by atoms with E-state index < -0.39 is 5.60 Å². The second-order valence-corrected chi connectivity index (χ2v) is 2.90. The van der Waals surface area contributed by atoms with E-state index in [1.54, 1.807) is 13.8 Å². The van der Waals surface area contributed by atoms with Crippen molar-refractivity contribution in [2.45, 2.75) is 19.4 Å². The summed E-state index contributed by atoms with van der Waals surface area (Å²) in [5, 5.41) is 15.1. The first-order valence-corrected chi connectivity index (χ1v) is 3.66.